The largest absolute Gasteiger partial charge is 0.337 e. The predicted octanol–water partition coefficient (Wildman–Crippen LogP) is 2.23. The lowest BCUT2D eigenvalue weighted by molar-refractivity contribution is 0.0785. The molecule has 94 valence electrons. The molecule has 19 heavy (non-hydrogen) atoms. The van der Waals surface area contributed by atoms with Gasteiger partial charge in [0.25, 0.3) is 5.91 Å². The third-order valence-electron chi connectivity index (χ3n) is 2.78. The molecule has 1 heterocycles. The fraction of sp³-hybridized carbons (Fsp3) is 0.133. The number of pyridine rings is 1. The number of hydrogen-bond acceptors (Lipinski definition) is 3. The summed E-state index contributed by atoms with van der Waals surface area (Å²) in [5, 5.41) is 8.72. The molecule has 0 bridgehead atoms. The molecular formula is C15H13N3O. The molecule has 0 atom stereocenters. The van der Waals surface area contributed by atoms with E-state index in [1.165, 1.54) is 0 Å². The van der Waals surface area contributed by atoms with Crippen molar-refractivity contribution in [2.24, 2.45) is 0 Å². The summed E-state index contributed by atoms with van der Waals surface area (Å²) in [6.07, 6.45) is 3.41. The van der Waals surface area contributed by atoms with E-state index in [0.717, 1.165) is 5.56 Å². The van der Waals surface area contributed by atoms with Crippen LogP contribution in [0.25, 0.3) is 0 Å². The van der Waals surface area contributed by atoms with Crippen molar-refractivity contribution in [3.8, 4) is 6.07 Å². The fourth-order valence-electron chi connectivity index (χ4n) is 1.74. The van der Waals surface area contributed by atoms with Crippen LogP contribution < -0.4 is 0 Å². The lowest BCUT2D eigenvalue weighted by Crippen LogP contribution is -2.26. The Hall–Kier alpha value is -2.67. The van der Waals surface area contributed by atoms with Gasteiger partial charge in [-0.1, -0.05) is 0 Å². The summed E-state index contributed by atoms with van der Waals surface area (Å²) >= 11 is 0. The maximum atomic E-state index is 12.2. The highest BCUT2D eigenvalue weighted by atomic mass is 16.2. The van der Waals surface area contributed by atoms with Crippen molar-refractivity contribution in [3.05, 3.63) is 65.5 Å². The van der Waals surface area contributed by atoms with E-state index in [1.54, 1.807) is 48.6 Å². The number of carbonyl (C=O) groups excluding carboxylic acids is 1. The zero-order valence-electron chi connectivity index (χ0n) is 10.6. The van der Waals surface area contributed by atoms with E-state index in [2.05, 4.69) is 4.98 Å². The highest BCUT2D eigenvalue weighted by Crippen LogP contribution is 2.09. The van der Waals surface area contributed by atoms with Gasteiger partial charge in [0.05, 0.1) is 11.6 Å². The zero-order chi connectivity index (χ0) is 13.7. The van der Waals surface area contributed by atoms with Gasteiger partial charge < -0.3 is 4.90 Å². The minimum Gasteiger partial charge on any atom is -0.337 e. The van der Waals surface area contributed by atoms with Crippen molar-refractivity contribution in [1.82, 2.24) is 9.88 Å². The van der Waals surface area contributed by atoms with E-state index in [9.17, 15) is 4.79 Å². The lowest BCUT2D eigenvalue weighted by Gasteiger charge is -2.17. The number of nitrogens with zero attached hydrogens (tertiary/aromatic N) is 3. The Labute approximate surface area is 111 Å². The van der Waals surface area contributed by atoms with Gasteiger partial charge >= 0.3 is 0 Å². The average molecular weight is 251 g/mol. The van der Waals surface area contributed by atoms with Crippen molar-refractivity contribution in [1.29, 1.82) is 5.26 Å². The lowest BCUT2D eigenvalue weighted by atomic mass is 10.1. The Morgan fingerprint density at radius 1 is 1.21 bits per heavy atom. The predicted molar refractivity (Wildman–Crippen MR) is 71.2 cm³/mol. The van der Waals surface area contributed by atoms with Gasteiger partial charge in [-0.15, -0.1) is 0 Å². The first-order valence-electron chi connectivity index (χ1n) is 5.85. The number of carbonyl (C=O) groups is 1. The number of benzene rings is 1. The van der Waals surface area contributed by atoms with Gasteiger partial charge in [0, 0.05) is 31.5 Å². The Balaban J connectivity index is 2.08. The first-order chi connectivity index (χ1) is 9.20. The number of amides is 1. The molecule has 4 nitrogen and oxygen atoms in total. The molecule has 1 aromatic heterocycles. The Kier molecular flexibility index (Phi) is 3.89. The topological polar surface area (TPSA) is 57.0 Å². The van der Waals surface area contributed by atoms with Gasteiger partial charge in [0.15, 0.2) is 0 Å². The Bertz CT molecular complexity index is 600. The standard InChI is InChI=1S/C15H13N3O/c1-18(11-13-6-8-17-9-7-13)15(19)14-4-2-12(10-16)3-5-14/h2-9H,11H2,1H3. The fourth-order valence-corrected chi connectivity index (χ4v) is 1.74. The summed E-state index contributed by atoms with van der Waals surface area (Å²) in [6, 6.07) is 12.4. The number of rotatable bonds is 3. The Morgan fingerprint density at radius 2 is 1.84 bits per heavy atom. The molecule has 2 rings (SSSR count). The maximum Gasteiger partial charge on any atom is 0.253 e. The highest BCUT2D eigenvalue weighted by molar-refractivity contribution is 5.94. The number of aromatic nitrogens is 1. The van der Waals surface area contributed by atoms with Crippen molar-refractivity contribution >= 4 is 5.91 Å². The average Bonchev–Trinajstić information content (AvgIpc) is 2.47. The van der Waals surface area contributed by atoms with E-state index in [1.807, 2.05) is 18.2 Å². The van der Waals surface area contributed by atoms with Crippen LogP contribution in [0.4, 0.5) is 0 Å². The van der Waals surface area contributed by atoms with Crippen LogP contribution in [0.1, 0.15) is 21.5 Å². The molecule has 1 amide bonds. The van der Waals surface area contributed by atoms with Gasteiger partial charge in [-0.2, -0.15) is 5.26 Å². The monoisotopic (exact) mass is 251 g/mol. The summed E-state index contributed by atoms with van der Waals surface area (Å²) < 4.78 is 0. The third kappa shape index (κ3) is 3.17. The second-order valence-corrected chi connectivity index (χ2v) is 4.21. The molecular weight excluding hydrogens is 238 g/mol. The molecule has 0 saturated carbocycles. The van der Waals surface area contributed by atoms with Crippen LogP contribution in [0.2, 0.25) is 0 Å². The summed E-state index contributed by atoms with van der Waals surface area (Å²) in [4.78, 5) is 17.8. The van der Waals surface area contributed by atoms with Crippen LogP contribution in [0, 0.1) is 11.3 Å². The van der Waals surface area contributed by atoms with Crippen molar-refractivity contribution < 1.29 is 4.79 Å². The van der Waals surface area contributed by atoms with E-state index in [-0.39, 0.29) is 5.91 Å². The first kappa shape index (κ1) is 12.8. The number of nitriles is 1. The van der Waals surface area contributed by atoms with E-state index < -0.39 is 0 Å². The van der Waals surface area contributed by atoms with Gasteiger partial charge in [-0.05, 0) is 42.0 Å². The normalized spacial score (nSPS) is 9.68. The molecule has 0 N–H and O–H groups in total. The van der Waals surface area contributed by atoms with Gasteiger partial charge in [0.2, 0.25) is 0 Å². The number of hydrogen-bond donors (Lipinski definition) is 0. The van der Waals surface area contributed by atoms with Gasteiger partial charge in [-0.25, -0.2) is 0 Å². The summed E-state index contributed by atoms with van der Waals surface area (Å²) in [5.41, 5.74) is 2.16. The molecule has 0 unspecified atom stereocenters. The van der Waals surface area contributed by atoms with Crippen LogP contribution >= 0.6 is 0 Å². The quantitative estimate of drug-likeness (QED) is 0.840. The van der Waals surface area contributed by atoms with Gasteiger partial charge in [0.1, 0.15) is 0 Å². The maximum absolute atomic E-state index is 12.2. The summed E-state index contributed by atoms with van der Waals surface area (Å²) in [7, 11) is 1.75. The Morgan fingerprint density at radius 3 is 2.42 bits per heavy atom. The minimum atomic E-state index is -0.0682. The van der Waals surface area contributed by atoms with Crippen molar-refractivity contribution in [2.75, 3.05) is 7.05 Å². The van der Waals surface area contributed by atoms with Crippen molar-refractivity contribution in [3.63, 3.8) is 0 Å². The molecule has 0 saturated heterocycles. The van der Waals surface area contributed by atoms with E-state index >= 15 is 0 Å². The first-order valence-corrected chi connectivity index (χ1v) is 5.85. The molecule has 2 aromatic rings. The van der Waals surface area contributed by atoms with E-state index in [4.69, 9.17) is 5.26 Å². The van der Waals surface area contributed by atoms with E-state index in [0.29, 0.717) is 17.7 Å². The molecule has 0 fully saturated rings. The zero-order valence-corrected chi connectivity index (χ0v) is 10.6. The van der Waals surface area contributed by atoms with Crippen LogP contribution in [0.5, 0.6) is 0 Å². The molecule has 0 aliphatic heterocycles. The van der Waals surface area contributed by atoms with Crippen LogP contribution in [0.15, 0.2) is 48.8 Å². The molecule has 1 aromatic carbocycles. The van der Waals surface area contributed by atoms with Crippen LogP contribution in [-0.4, -0.2) is 22.8 Å². The molecule has 0 aliphatic carbocycles. The second kappa shape index (κ2) is 5.78. The molecule has 0 aliphatic rings. The summed E-state index contributed by atoms with van der Waals surface area (Å²) in [6.45, 7) is 0.529. The highest BCUT2D eigenvalue weighted by Gasteiger charge is 2.11. The minimum absolute atomic E-state index is 0.0682. The van der Waals surface area contributed by atoms with Crippen LogP contribution in [-0.2, 0) is 6.54 Å². The summed E-state index contributed by atoms with van der Waals surface area (Å²) in [5.74, 6) is -0.0682. The van der Waals surface area contributed by atoms with Crippen LogP contribution in [0.3, 0.4) is 0 Å². The molecule has 0 spiro atoms. The van der Waals surface area contributed by atoms with Crippen molar-refractivity contribution in [2.45, 2.75) is 6.54 Å². The molecule has 4 heteroatoms. The van der Waals surface area contributed by atoms with Gasteiger partial charge in [-0.3, -0.25) is 9.78 Å². The second-order valence-electron chi connectivity index (χ2n) is 4.21. The SMILES string of the molecule is CN(Cc1ccncc1)C(=O)c1ccc(C#N)cc1. The smallest absolute Gasteiger partial charge is 0.253 e. The third-order valence-corrected chi connectivity index (χ3v) is 2.78. The molecule has 0 radical (unpaired) electrons.